The van der Waals surface area contributed by atoms with Crippen LogP contribution in [0.15, 0.2) is 60.7 Å². The lowest BCUT2D eigenvalue weighted by molar-refractivity contribution is 0.0943. The Labute approximate surface area is 146 Å². The average molecular weight is 340 g/mol. The fourth-order valence-electron chi connectivity index (χ4n) is 2.46. The summed E-state index contributed by atoms with van der Waals surface area (Å²) >= 11 is 5.90. The molecule has 0 spiro atoms. The highest BCUT2D eigenvalue weighted by molar-refractivity contribution is 6.30. The van der Waals surface area contributed by atoms with Gasteiger partial charge in [0.15, 0.2) is 0 Å². The summed E-state index contributed by atoms with van der Waals surface area (Å²) in [4.78, 5) is 12.2. The molecular weight excluding hydrogens is 322 g/mol. The highest BCUT2D eigenvalue weighted by atomic mass is 35.5. The van der Waals surface area contributed by atoms with E-state index in [1.807, 2.05) is 62.4 Å². The van der Waals surface area contributed by atoms with Crippen LogP contribution in [-0.4, -0.2) is 11.9 Å². The molecule has 3 nitrogen and oxygen atoms in total. The van der Waals surface area contributed by atoms with E-state index in [-0.39, 0.29) is 11.9 Å². The standard InChI is InChI=1S/C20H18ClNO2/c1-13(2)22-20(23)15-6-11-18-14(12-15)4-3-5-19(18)24-17-9-7-16(21)8-10-17/h3-13H,1-2H3,(H,22,23). The molecule has 0 saturated heterocycles. The summed E-state index contributed by atoms with van der Waals surface area (Å²) in [6, 6.07) is 18.7. The number of fused-ring (bicyclic) bond motifs is 1. The second kappa shape index (κ2) is 6.93. The van der Waals surface area contributed by atoms with Crippen molar-refractivity contribution in [3.63, 3.8) is 0 Å². The van der Waals surface area contributed by atoms with Crippen LogP contribution in [0.2, 0.25) is 5.02 Å². The fraction of sp³-hybridized carbons (Fsp3) is 0.150. The average Bonchev–Trinajstić information content (AvgIpc) is 2.56. The van der Waals surface area contributed by atoms with E-state index in [0.29, 0.717) is 16.3 Å². The Bertz CT molecular complexity index is 872. The minimum absolute atomic E-state index is 0.0732. The van der Waals surface area contributed by atoms with E-state index in [1.54, 1.807) is 12.1 Å². The summed E-state index contributed by atoms with van der Waals surface area (Å²) in [5.74, 6) is 1.38. The van der Waals surface area contributed by atoms with Crippen molar-refractivity contribution in [3.05, 3.63) is 71.2 Å². The molecule has 0 aliphatic heterocycles. The molecule has 1 N–H and O–H groups in total. The SMILES string of the molecule is CC(C)NC(=O)c1ccc2c(Oc3ccc(Cl)cc3)cccc2c1. The molecule has 0 aromatic heterocycles. The molecule has 24 heavy (non-hydrogen) atoms. The largest absolute Gasteiger partial charge is 0.457 e. The van der Waals surface area contributed by atoms with Crippen LogP contribution >= 0.6 is 11.6 Å². The third kappa shape index (κ3) is 3.69. The van der Waals surface area contributed by atoms with Crippen LogP contribution < -0.4 is 10.1 Å². The van der Waals surface area contributed by atoms with E-state index in [4.69, 9.17) is 16.3 Å². The van der Waals surface area contributed by atoms with Crippen LogP contribution in [0.4, 0.5) is 0 Å². The second-order valence-corrected chi connectivity index (χ2v) is 6.31. The summed E-state index contributed by atoms with van der Waals surface area (Å²) in [5, 5.41) is 5.48. The van der Waals surface area contributed by atoms with Crippen molar-refractivity contribution in [1.82, 2.24) is 5.32 Å². The zero-order valence-electron chi connectivity index (χ0n) is 13.5. The molecule has 0 radical (unpaired) electrons. The van der Waals surface area contributed by atoms with Crippen molar-refractivity contribution in [2.24, 2.45) is 0 Å². The first-order valence-corrected chi connectivity index (χ1v) is 8.18. The van der Waals surface area contributed by atoms with Gasteiger partial charge in [-0.2, -0.15) is 0 Å². The van der Waals surface area contributed by atoms with Gasteiger partial charge < -0.3 is 10.1 Å². The first-order valence-electron chi connectivity index (χ1n) is 7.80. The summed E-state index contributed by atoms with van der Waals surface area (Å²) in [7, 11) is 0. The van der Waals surface area contributed by atoms with Gasteiger partial charge in [-0.15, -0.1) is 0 Å². The third-order valence-corrected chi connectivity index (χ3v) is 3.82. The molecule has 0 bridgehead atoms. The molecule has 0 unspecified atom stereocenters. The van der Waals surface area contributed by atoms with Gasteiger partial charge in [0.05, 0.1) is 0 Å². The molecule has 0 fully saturated rings. The van der Waals surface area contributed by atoms with Gasteiger partial charge in [0.25, 0.3) is 5.91 Å². The Hall–Kier alpha value is -2.52. The summed E-state index contributed by atoms with van der Waals surface area (Å²) in [5.41, 5.74) is 0.639. The van der Waals surface area contributed by atoms with Gasteiger partial charge in [0, 0.05) is 22.0 Å². The Kier molecular flexibility index (Phi) is 4.72. The number of nitrogens with one attached hydrogen (secondary N) is 1. The van der Waals surface area contributed by atoms with Gasteiger partial charge >= 0.3 is 0 Å². The van der Waals surface area contributed by atoms with Crippen molar-refractivity contribution in [2.75, 3.05) is 0 Å². The van der Waals surface area contributed by atoms with E-state index in [2.05, 4.69) is 5.32 Å². The highest BCUT2D eigenvalue weighted by Gasteiger charge is 2.10. The Morgan fingerprint density at radius 1 is 1.04 bits per heavy atom. The van der Waals surface area contributed by atoms with Crippen molar-refractivity contribution >= 4 is 28.3 Å². The number of carbonyl (C=O) groups excluding carboxylic acids is 1. The molecule has 1 amide bonds. The molecular formula is C20H18ClNO2. The van der Waals surface area contributed by atoms with E-state index in [1.165, 1.54) is 0 Å². The van der Waals surface area contributed by atoms with Gasteiger partial charge in [-0.05, 0) is 67.8 Å². The predicted octanol–water partition coefficient (Wildman–Crippen LogP) is 5.42. The Balaban J connectivity index is 1.93. The number of benzene rings is 3. The summed E-state index contributed by atoms with van der Waals surface area (Å²) in [6.45, 7) is 3.88. The lowest BCUT2D eigenvalue weighted by Crippen LogP contribution is -2.29. The number of carbonyl (C=O) groups is 1. The third-order valence-electron chi connectivity index (χ3n) is 3.56. The minimum Gasteiger partial charge on any atom is -0.457 e. The van der Waals surface area contributed by atoms with E-state index < -0.39 is 0 Å². The van der Waals surface area contributed by atoms with E-state index >= 15 is 0 Å². The number of rotatable bonds is 4. The fourth-order valence-corrected chi connectivity index (χ4v) is 2.59. The smallest absolute Gasteiger partial charge is 0.251 e. The van der Waals surface area contributed by atoms with Crippen LogP contribution in [0, 0.1) is 0 Å². The first-order chi connectivity index (χ1) is 11.5. The Morgan fingerprint density at radius 2 is 1.79 bits per heavy atom. The van der Waals surface area contributed by atoms with Gasteiger partial charge in [-0.25, -0.2) is 0 Å². The van der Waals surface area contributed by atoms with E-state index in [0.717, 1.165) is 16.5 Å². The molecule has 3 aromatic carbocycles. The lowest BCUT2D eigenvalue weighted by Gasteiger charge is -2.11. The number of ether oxygens (including phenoxy) is 1. The number of amides is 1. The van der Waals surface area contributed by atoms with Crippen LogP contribution in [0.5, 0.6) is 11.5 Å². The van der Waals surface area contributed by atoms with Crippen molar-refractivity contribution in [1.29, 1.82) is 0 Å². The molecule has 0 aliphatic carbocycles. The highest BCUT2D eigenvalue weighted by Crippen LogP contribution is 2.31. The zero-order valence-corrected chi connectivity index (χ0v) is 14.3. The second-order valence-electron chi connectivity index (χ2n) is 5.88. The number of halogens is 1. The molecule has 0 saturated carbocycles. The molecule has 122 valence electrons. The van der Waals surface area contributed by atoms with Crippen LogP contribution in [-0.2, 0) is 0 Å². The van der Waals surface area contributed by atoms with Gasteiger partial charge in [0.1, 0.15) is 11.5 Å². The van der Waals surface area contributed by atoms with Crippen LogP contribution in [0.3, 0.4) is 0 Å². The molecule has 3 aromatic rings. The molecule has 0 aliphatic rings. The normalized spacial score (nSPS) is 10.8. The lowest BCUT2D eigenvalue weighted by atomic mass is 10.1. The molecule has 0 atom stereocenters. The number of hydrogen-bond acceptors (Lipinski definition) is 2. The summed E-state index contributed by atoms with van der Waals surface area (Å²) in [6.07, 6.45) is 0. The minimum atomic E-state index is -0.0732. The predicted molar refractivity (Wildman–Crippen MR) is 98.1 cm³/mol. The van der Waals surface area contributed by atoms with Crippen LogP contribution in [0.25, 0.3) is 10.8 Å². The zero-order chi connectivity index (χ0) is 17.1. The van der Waals surface area contributed by atoms with E-state index in [9.17, 15) is 4.79 Å². The maximum atomic E-state index is 12.2. The van der Waals surface area contributed by atoms with Crippen molar-refractivity contribution in [2.45, 2.75) is 19.9 Å². The van der Waals surface area contributed by atoms with Crippen molar-refractivity contribution in [3.8, 4) is 11.5 Å². The summed E-state index contributed by atoms with van der Waals surface area (Å²) < 4.78 is 5.95. The maximum Gasteiger partial charge on any atom is 0.251 e. The van der Waals surface area contributed by atoms with Crippen LogP contribution in [0.1, 0.15) is 24.2 Å². The maximum absolute atomic E-state index is 12.2. The van der Waals surface area contributed by atoms with Gasteiger partial charge in [0.2, 0.25) is 0 Å². The van der Waals surface area contributed by atoms with Crippen molar-refractivity contribution < 1.29 is 9.53 Å². The van der Waals surface area contributed by atoms with Gasteiger partial charge in [-0.1, -0.05) is 23.7 Å². The monoisotopic (exact) mass is 339 g/mol. The molecule has 3 rings (SSSR count). The molecule has 0 heterocycles. The molecule has 4 heteroatoms. The Morgan fingerprint density at radius 3 is 2.50 bits per heavy atom. The quantitative estimate of drug-likeness (QED) is 0.688. The first kappa shape index (κ1) is 16.3. The van der Waals surface area contributed by atoms with Gasteiger partial charge in [-0.3, -0.25) is 4.79 Å². The topological polar surface area (TPSA) is 38.3 Å². The number of hydrogen-bond donors (Lipinski definition) is 1.